The highest BCUT2D eigenvalue weighted by Gasteiger charge is 2.23. The minimum Gasteiger partial charge on any atom is -0.508 e. The number of nitriles is 1. The van der Waals surface area contributed by atoms with E-state index in [9.17, 15) is 15.5 Å². The molecule has 2 N–H and O–H groups in total. The summed E-state index contributed by atoms with van der Waals surface area (Å²) in [6, 6.07) is 16.1. The summed E-state index contributed by atoms with van der Waals surface area (Å²) in [5, 5.41) is 28.2. The molecule has 2 rings (SSSR count). The molecule has 0 aliphatic carbocycles. The lowest BCUT2D eigenvalue weighted by Crippen LogP contribution is -2.09. The lowest BCUT2D eigenvalue weighted by atomic mass is 9.81. The Labute approximate surface area is 118 Å². The first-order valence-electron chi connectivity index (χ1n) is 6.63. The second-order valence-electron chi connectivity index (χ2n) is 4.80. The molecule has 0 saturated heterocycles. The minimum absolute atomic E-state index is 0.0603. The maximum atomic E-state index is 9.50. The summed E-state index contributed by atoms with van der Waals surface area (Å²) in [5.41, 5.74) is 1.93. The Bertz CT molecular complexity index is 596. The van der Waals surface area contributed by atoms with Gasteiger partial charge in [0.2, 0.25) is 0 Å². The molecular weight excluding hydrogens is 250 g/mol. The lowest BCUT2D eigenvalue weighted by Gasteiger charge is -2.21. The van der Waals surface area contributed by atoms with Gasteiger partial charge in [0.05, 0.1) is 12.0 Å². The van der Waals surface area contributed by atoms with E-state index in [-0.39, 0.29) is 23.3 Å². The van der Waals surface area contributed by atoms with Gasteiger partial charge in [0, 0.05) is 5.92 Å². The Hall–Kier alpha value is -2.47. The third-order valence-corrected chi connectivity index (χ3v) is 3.55. The van der Waals surface area contributed by atoms with E-state index in [0.29, 0.717) is 0 Å². The highest BCUT2D eigenvalue weighted by molar-refractivity contribution is 5.37. The number of aromatic hydroxyl groups is 2. The molecule has 3 heteroatoms. The molecule has 0 bridgehead atoms. The van der Waals surface area contributed by atoms with E-state index in [2.05, 4.69) is 6.07 Å². The number of phenols is 2. The highest BCUT2D eigenvalue weighted by atomic mass is 16.3. The van der Waals surface area contributed by atoms with Crippen molar-refractivity contribution in [3.63, 3.8) is 0 Å². The molecule has 0 saturated carbocycles. The first-order valence-corrected chi connectivity index (χ1v) is 6.63. The van der Waals surface area contributed by atoms with E-state index >= 15 is 0 Å². The summed E-state index contributed by atoms with van der Waals surface area (Å²) in [4.78, 5) is 0. The first-order chi connectivity index (χ1) is 9.65. The van der Waals surface area contributed by atoms with E-state index in [1.165, 1.54) is 0 Å². The predicted octanol–water partition coefficient (Wildman–Crippen LogP) is 3.90. The average Bonchev–Trinajstić information content (AvgIpc) is 2.47. The van der Waals surface area contributed by atoms with E-state index in [4.69, 9.17) is 0 Å². The van der Waals surface area contributed by atoms with Gasteiger partial charge in [-0.2, -0.15) is 5.26 Å². The van der Waals surface area contributed by atoms with E-state index in [1.807, 2.05) is 19.1 Å². The fourth-order valence-electron chi connectivity index (χ4n) is 2.46. The zero-order valence-corrected chi connectivity index (χ0v) is 11.3. The van der Waals surface area contributed by atoms with Gasteiger partial charge in [0.15, 0.2) is 0 Å². The molecule has 0 aliphatic heterocycles. The molecule has 2 aromatic rings. The van der Waals surface area contributed by atoms with Gasteiger partial charge in [-0.25, -0.2) is 0 Å². The minimum atomic E-state index is -0.273. The molecular formula is C17H17NO2. The van der Waals surface area contributed by atoms with Gasteiger partial charge in [0.25, 0.3) is 0 Å². The molecule has 0 aromatic heterocycles. The molecule has 2 aromatic carbocycles. The van der Waals surface area contributed by atoms with Crippen molar-refractivity contribution in [1.82, 2.24) is 0 Å². The second kappa shape index (κ2) is 6.12. The maximum absolute atomic E-state index is 9.50. The molecule has 0 heterocycles. The fraction of sp³-hybridized carbons (Fsp3) is 0.235. The average molecular weight is 267 g/mol. The quantitative estimate of drug-likeness (QED) is 0.883. The highest BCUT2D eigenvalue weighted by Crippen LogP contribution is 2.36. The zero-order chi connectivity index (χ0) is 14.5. The van der Waals surface area contributed by atoms with Crippen molar-refractivity contribution >= 4 is 0 Å². The van der Waals surface area contributed by atoms with Crippen molar-refractivity contribution < 1.29 is 10.2 Å². The predicted molar refractivity (Wildman–Crippen MR) is 77.6 cm³/mol. The van der Waals surface area contributed by atoms with Crippen LogP contribution in [0.3, 0.4) is 0 Å². The van der Waals surface area contributed by atoms with Gasteiger partial charge in [-0.05, 0) is 41.8 Å². The SMILES string of the molecule is CC[C@H](c1ccc(O)cc1)[C@H](C#N)c1ccc(O)cc1. The largest absolute Gasteiger partial charge is 0.508 e. The molecule has 102 valence electrons. The monoisotopic (exact) mass is 267 g/mol. The number of rotatable bonds is 4. The van der Waals surface area contributed by atoms with Crippen LogP contribution in [0.2, 0.25) is 0 Å². The van der Waals surface area contributed by atoms with Crippen LogP contribution >= 0.6 is 0 Å². The first kappa shape index (κ1) is 14.0. The molecule has 0 fully saturated rings. The number of hydrogen-bond acceptors (Lipinski definition) is 3. The summed E-state index contributed by atoms with van der Waals surface area (Å²) >= 11 is 0. The molecule has 2 atom stereocenters. The van der Waals surface area contributed by atoms with Crippen LogP contribution in [0.5, 0.6) is 11.5 Å². The molecule has 20 heavy (non-hydrogen) atoms. The molecule has 0 amide bonds. The summed E-state index contributed by atoms with van der Waals surface area (Å²) in [5.74, 6) is 0.208. The van der Waals surface area contributed by atoms with E-state index in [1.54, 1.807) is 36.4 Å². The van der Waals surface area contributed by atoms with E-state index in [0.717, 1.165) is 17.5 Å². The van der Waals surface area contributed by atoms with Crippen LogP contribution in [0.1, 0.15) is 36.3 Å². The van der Waals surface area contributed by atoms with Crippen molar-refractivity contribution in [3.8, 4) is 17.6 Å². The molecule has 0 unspecified atom stereocenters. The number of hydrogen-bond donors (Lipinski definition) is 2. The van der Waals surface area contributed by atoms with Crippen LogP contribution in [0.25, 0.3) is 0 Å². The Balaban J connectivity index is 2.35. The second-order valence-corrected chi connectivity index (χ2v) is 4.80. The summed E-state index contributed by atoms with van der Waals surface area (Å²) in [7, 11) is 0. The van der Waals surface area contributed by atoms with Crippen LogP contribution in [-0.4, -0.2) is 10.2 Å². The van der Waals surface area contributed by atoms with E-state index < -0.39 is 0 Å². The molecule has 0 spiro atoms. The normalized spacial score (nSPS) is 13.4. The van der Waals surface area contributed by atoms with Crippen molar-refractivity contribution in [2.75, 3.05) is 0 Å². The van der Waals surface area contributed by atoms with Crippen molar-refractivity contribution in [2.45, 2.75) is 25.2 Å². The zero-order valence-electron chi connectivity index (χ0n) is 11.3. The Morgan fingerprint density at radius 2 is 1.35 bits per heavy atom. The van der Waals surface area contributed by atoms with Crippen molar-refractivity contribution in [2.24, 2.45) is 0 Å². The van der Waals surface area contributed by atoms with Crippen LogP contribution in [0.15, 0.2) is 48.5 Å². The van der Waals surface area contributed by atoms with Crippen LogP contribution in [-0.2, 0) is 0 Å². The van der Waals surface area contributed by atoms with Gasteiger partial charge < -0.3 is 10.2 Å². The van der Waals surface area contributed by atoms with Gasteiger partial charge in [-0.3, -0.25) is 0 Å². The molecule has 0 aliphatic rings. The Morgan fingerprint density at radius 1 is 0.900 bits per heavy atom. The third kappa shape index (κ3) is 2.92. The van der Waals surface area contributed by atoms with Gasteiger partial charge in [-0.15, -0.1) is 0 Å². The number of nitrogens with zero attached hydrogens (tertiary/aromatic N) is 1. The van der Waals surface area contributed by atoms with Crippen LogP contribution in [0, 0.1) is 11.3 Å². The Kier molecular flexibility index (Phi) is 4.27. The molecule has 3 nitrogen and oxygen atoms in total. The standard InChI is InChI=1S/C17H17NO2/c1-2-16(12-3-7-14(19)8-4-12)17(11-18)13-5-9-15(20)10-6-13/h3-10,16-17,19-20H,2H2,1H3/t16-,17-/m1/s1. The van der Waals surface area contributed by atoms with Crippen molar-refractivity contribution in [1.29, 1.82) is 5.26 Å². The lowest BCUT2D eigenvalue weighted by molar-refractivity contribution is 0.473. The number of phenolic OH excluding ortho intramolecular Hbond substituents is 2. The summed E-state index contributed by atoms with van der Waals surface area (Å²) in [6.45, 7) is 2.04. The topological polar surface area (TPSA) is 64.2 Å². The molecule has 0 radical (unpaired) electrons. The van der Waals surface area contributed by atoms with Gasteiger partial charge in [-0.1, -0.05) is 31.2 Å². The third-order valence-electron chi connectivity index (χ3n) is 3.55. The Morgan fingerprint density at radius 3 is 1.75 bits per heavy atom. The fourth-order valence-corrected chi connectivity index (χ4v) is 2.46. The van der Waals surface area contributed by atoms with Crippen LogP contribution < -0.4 is 0 Å². The van der Waals surface area contributed by atoms with Crippen molar-refractivity contribution in [3.05, 3.63) is 59.7 Å². The smallest absolute Gasteiger partial charge is 0.115 e. The van der Waals surface area contributed by atoms with Gasteiger partial charge in [0.1, 0.15) is 11.5 Å². The number of benzene rings is 2. The van der Waals surface area contributed by atoms with Crippen LogP contribution in [0.4, 0.5) is 0 Å². The maximum Gasteiger partial charge on any atom is 0.115 e. The summed E-state index contributed by atoms with van der Waals surface area (Å²) < 4.78 is 0. The summed E-state index contributed by atoms with van der Waals surface area (Å²) in [6.07, 6.45) is 0.823. The van der Waals surface area contributed by atoms with Gasteiger partial charge >= 0.3 is 0 Å².